The number of rotatable bonds is 5. The highest BCUT2D eigenvalue weighted by Gasteiger charge is 2.35. The van der Waals surface area contributed by atoms with Crippen LogP contribution in [0.25, 0.3) is 12.2 Å². The highest BCUT2D eigenvalue weighted by Crippen LogP contribution is 2.28. The molecular formula is C19H21N3O6. The van der Waals surface area contributed by atoms with Crippen LogP contribution < -0.4 is 11.4 Å². The van der Waals surface area contributed by atoms with E-state index in [1.807, 2.05) is 0 Å². The molecule has 4 N–H and O–H groups in total. The van der Waals surface area contributed by atoms with Gasteiger partial charge in [-0.25, -0.2) is 9.59 Å². The fraction of sp³-hybridized carbons (Fsp3) is 0.316. The molecule has 0 amide bonds. The molecule has 1 fully saturated rings. The number of ether oxygens (including phenoxy) is 2. The normalized spacial score (nSPS) is 21.9. The van der Waals surface area contributed by atoms with Crippen LogP contribution in [0.5, 0.6) is 0 Å². The third kappa shape index (κ3) is 4.11. The van der Waals surface area contributed by atoms with Crippen molar-refractivity contribution in [2.45, 2.75) is 24.9 Å². The number of nitrogens with two attached hydrogens (primary N) is 1. The van der Waals surface area contributed by atoms with E-state index in [9.17, 15) is 19.8 Å². The Balaban J connectivity index is 1.83. The smallest absolute Gasteiger partial charge is 0.351 e. The number of aliphatic hydroxyl groups excluding tert-OH is 2. The fourth-order valence-electron chi connectivity index (χ4n) is 2.92. The number of hydrogen-bond donors (Lipinski definition) is 3. The van der Waals surface area contributed by atoms with Gasteiger partial charge in [0.25, 0.3) is 0 Å². The molecule has 3 atom stereocenters. The third-order valence-corrected chi connectivity index (χ3v) is 4.49. The third-order valence-electron chi connectivity index (χ3n) is 4.49. The van der Waals surface area contributed by atoms with Gasteiger partial charge in [-0.05, 0) is 23.8 Å². The molecule has 0 saturated carbocycles. The summed E-state index contributed by atoms with van der Waals surface area (Å²) >= 11 is 0. The van der Waals surface area contributed by atoms with Crippen LogP contribution in [-0.4, -0.2) is 51.7 Å². The highest BCUT2D eigenvalue weighted by molar-refractivity contribution is 5.89. The number of aliphatic hydroxyl groups is 2. The predicted octanol–water partition coefficient (Wildman–Crippen LogP) is 0.423. The Labute approximate surface area is 160 Å². The molecule has 0 radical (unpaired) electrons. The molecule has 9 heteroatoms. The van der Waals surface area contributed by atoms with Crippen LogP contribution in [0.1, 0.15) is 34.1 Å². The van der Waals surface area contributed by atoms with E-state index in [-0.39, 0.29) is 18.8 Å². The van der Waals surface area contributed by atoms with E-state index in [2.05, 4.69) is 9.72 Å². The predicted molar refractivity (Wildman–Crippen MR) is 101 cm³/mol. The number of benzene rings is 1. The summed E-state index contributed by atoms with van der Waals surface area (Å²) in [5.74, 6) is -0.364. The van der Waals surface area contributed by atoms with Gasteiger partial charge < -0.3 is 25.4 Å². The maximum Gasteiger partial charge on any atom is 0.351 e. The molecule has 9 nitrogen and oxygen atoms in total. The molecule has 3 rings (SSSR count). The van der Waals surface area contributed by atoms with Crippen molar-refractivity contribution in [2.24, 2.45) is 0 Å². The SMILES string of the molecule is COC(=O)c1ccc(C=Cc2cn([C@H]3C[C@H](O)[C@@H](CO)O3)c(=O)nc2N)cc1. The van der Waals surface area contributed by atoms with E-state index >= 15 is 0 Å². The standard InChI is InChI=1S/C19H21N3O6/c1-27-18(25)12-5-2-11(3-6-12)4-7-13-9-22(19(26)21-17(13)20)16-8-14(24)15(10-23)28-16/h2-7,9,14-16,23-24H,8,10H2,1H3,(H2,20,21,26)/t14-,15+,16+/m0/s1. The zero-order valence-electron chi connectivity index (χ0n) is 15.2. The van der Waals surface area contributed by atoms with E-state index < -0.39 is 30.1 Å². The molecular weight excluding hydrogens is 366 g/mol. The average molecular weight is 387 g/mol. The number of anilines is 1. The van der Waals surface area contributed by atoms with Gasteiger partial charge in [-0.1, -0.05) is 18.2 Å². The summed E-state index contributed by atoms with van der Waals surface area (Å²) in [6.07, 6.45) is 2.74. The van der Waals surface area contributed by atoms with Crippen LogP contribution >= 0.6 is 0 Å². The van der Waals surface area contributed by atoms with Crippen molar-refractivity contribution in [3.63, 3.8) is 0 Å². The fourth-order valence-corrected chi connectivity index (χ4v) is 2.92. The molecule has 1 aromatic heterocycles. The summed E-state index contributed by atoms with van der Waals surface area (Å²) < 4.78 is 11.4. The molecule has 1 aliphatic rings. The van der Waals surface area contributed by atoms with Crippen LogP contribution in [-0.2, 0) is 9.47 Å². The second-order valence-corrected chi connectivity index (χ2v) is 6.33. The molecule has 1 aliphatic heterocycles. The van der Waals surface area contributed by atoms with E-state index in [1.54, 1.807) is 36.4 Å². The van der Waals surface area contributed by atoms with Crippen LogP contribution in [0.15, 0.2) is 35.3 Å². The molecule has 2 heterocycles. The molecule has 2 aromatic rings. The first-order chi connectivity index (χ1) is 13.4. The van der Waals surface area contributed by atoms with Crippen LogP contribution in [0.4, 0.5) is 5.82 Å². The number of esters is 1. The number of hydrogen-bond acceptors (Lipinski definition) is 8. The summed E-state index contributed by atoms with van der Waals surface area (Å²) in [7, 11) is 1.32. The maximum atomic E-state index is 12.2. The first-order valence-electron chi connectivity index (χ1n) is 8.62. The molecule has 0 spiro atoms. The van der Waals surface area contributed by atoms with Gasteiger partial charge in [0, 0.05) is 18.2 Å². The molecule has 0 unspecified atom stereocenters. The van der Waals surface area contributed by atoms with Gasteiger partial charge in [-0.2, -0.15) is 4.98 Å². The summed E-state index contributed by atoms with van der Waals surface area (Å²) in [5, 5.41) is 19.1. The lowest BCUT2D eigenvalue weighted by Crippen LogP contribution is -2.28. The Kier molecular flexibility index (Phi) is 5.88. The first kappa shape index (κ1) is 19.7. The molecule has 28 heavy (non-hydrogen) atoms. The van der Waals surface area contributed by atoms with E-state index in [1.165, 1.54) is 17.9 Å². The van der Waals surface area contributed by atoms with Crippen LogP contribution in [0.2, 0.25) is 0 Å². The minimum absolute atomic E-state index is 0.0564. The summed E-state index contributed by atoms with van der Waals surface area (Å²) in [4.78, 5) is 27.4. The van der Waals surface area contributed by atoms with E-state index in [0.717, 1.165) is 5.56 Å². The van der Waals surface area contributed by atoms with Crippen molar-refractivity contribution in [3.05, 3.63) is 57.6 Å². The summed E-state index contributed by atoms with van der Waals surface area (Å²) in [5.41, 5.74) is 6.97. The van der Waals surface area contributed by atoms with Crippen molar-refractivity contribution in [3.8, 4) is 0 Å². The molecule has 0 aliphatic carbocycles. The van der Waals surface area contributed by atoms with Crippen molar-refractivity contribution >= 4 is 23.9 Å². The molecule has 1 aromatic carbocycles. The number of carbonyl (C=O) groups is 1. The van der Waals surface area contributed by atoms with Gasteiger partial charge in [0.2, 0.25) is 0 Å². The van der Waals surface area contributed by atoms with Gasteiger partial charge >= 0.3 is 11.7 Å². The molecule has 148 valence electrons. The van der Waals surface area contributed by atoms with Crippen molar-refractivity contribution in [1.82, 2.24) is 9.55 Å². The van der Waals surface area contributed by atoms with Gasteiger partial charge in [0.15, 0.2) is 0 Å². The summed E-state index contributed by atoms with van der Waals surface area (Å²) in [6, 6.07) is 6.75. The number of nitrogen functional groups attached to an aromatic ring is 1. The van der Waals surface area contributed by atoms with Crippen LogP contribution in [0, 0.1) is 0 Å². The Bertz CT molecular complexity index is 938. The second-order valence-electron chi connectivity index (χ2n) is 6.33. The van der Waals surface area contributed by atoms with Crippen molar-refractivity contribution in [2.75, 3.05) is 19.5 Å². The highest BCUT2D eigenvalue weighted by atomic mass is 16.5. The number of methoxy groups -OCH3 is 1. The zero-order chi connectivity index (χ0) is 20.3. The largest absolute Gasteiger partial charge is 0.465 e. The van der Waals surface area contributed by atoms with E-state index in [0.29, 0.717) is 11.1 Å². The number of aromatic nitrogens is 2. The van der Waals surface area contributed by atoms with Crippen molar-refractivity contribution < 1.29 is 24.5 Å². The minimum Gasteiger partial charge on any atom is -0.465 e. The minimum atomic E-state index is -0.869. The maximum absolute atomic E-state index is 12.2. The Hall–Kier alpha value is -3.01. The van der Waals surface area contributed by atoms with E-state index in [4.69, 9.17) is 10.5 Å². The second kappa shape index (κ2) is 8.34. The topological polar surface area (TPSA) is 137 Å². The lowest BCUT2D eigenvalue weighted by Gasteiger charge is -2.15. The quantitative estimate of drug-likeness (QED) is 0.628. The number of carbonyl (C=O) groups excluding carboxylic acids is 1. The monoisotopic (exact) mass is 387 g/mol. The summed E-state index contributed by atoms with van der Waals surface area (Å²) in [6.45, 7) is -0.344. The Morgan fingerprint density at radius 1 is 1.39 bits per heavy atom. The lowest BCUT2D eigenvalue weighted by molar-refractivity contribution is -0.0458. The average Bonchev–Trinajstić information content (AvgIpc) is 3.07. The van der Waals surface area contributed by atoms with Gasteiger partial charge in [-0.3, -0.25) is 4.57 Å². The molecule has 0 bridgehead atoms. The Morgan fingerprint density at radius 2 is 2.11 bits per heavy atom. The Morgan fingerprint density at radius 3 is 2.71 bits per heavy atom. The van der Waals surface area contributed by atoms with Crippen molar-refractivity contribution in [1.29, 1.82) is 0 Å². The number of nitrogens with zero attached hydrogens (tertiary/aromatic N) is 2. The molecule has 1 saturated heterocycles. The van der Waals surface area contributed by atoms with Crippen LogP contribution in [0.3, 0.4) is 0 Å². The van der Waals surface area contributed by atoms with Gasteiger partial charge in [0.05, 0.1) is 25.4 Å². The van der Waals surface area contributed by atoms with Gasteiger partial charge in [0.1, 0.15) is 18.1 Å². The first-order valence-corrected chi connectivity index (χ1v) is 8.62. The zero-order valence-corrected chi connectivity index (χ0v) is 15.2. The van der Waals surface area contributed by atoms with Gasteiger partial charge in [-0.15, -0.1) is 0 Å². The lowest BCUT2D eigenvalue weighted by atomic mass is 10.1.